The van der Waals surface area contributed by atoms with Crippen molar-refractivity contribution in [2.24, 2.45) is 0 Å². The molecule has 116 valence electrons. The van der Waals surface area contributed by atoms with Gasteiger partial charge in [0, 0.05) is 31.5 Å². The Morgan fingerprint density at radius 1 is 1.27 bits per heavy atom. The molecule has 1 N–H and O–H groups in total. The molecular formula is C16H22N6. The van der Waals surface area contributed by atoms with Crippen molar-refractivity contribution in [3.8, 4) is 0 Å². The highest BCUT2D eigenvalue weighted by molar-refractivity contribution is 5.42. The van der Waals surface area contributed by atoms with Gasteiger partial charge in [0.1, 0.15) is 0 Å². The number of aromatic nitrogens is 4. The smallest absolute Gasteiger partial charge is 0.244 e. The van der Waals surface area contributed by atoms with Crippen molar-refractivity contribution in [2.45, 2.75) is 45.2 Å². The third-order valence-corrected chi connectivity index (χ3v) is 4.14. The van der Waals surface area contributed by atoms with Crippen LogP contribution in [-0.2, 0) is 6.54 Å². The second-order valence-electron chi connectivity index (χ2n) is 5.60. The van der Waals surface area contributed by atoms with E-state index in [0.717, 1.165) is 24.3 Å². The van der Waals surface area contributed by atoms with E-state index in [-0.39, 0.29) is 0 Å². The first-order valence-corrected chi connectivity index (χ1v) is 7.96. The molecule has 3 rings (SSSR count). The third-order valence-electron chi connectivity index (χ3n) is 4.14. The summed E-state index contributed by atoms with van der Waals surface area (Å²) in [6.45, 7) is 3.96. The van der Waals surface area contributed by atoms with Crippen molar-refractivity contribution in [3.05, 3.63) is 36.3 Å². The van der Waals surface area contributed by atoms with Gasteiger partial charge < -0.3 is 10.2 Å². The Hall–Kier alpha value is -2.24. The summed E-state index contributed by atoms with van der Waals surface area (Å²) in [5.74, 6) is 1.51. The molecule has 1 saturated heterocycles. The Bertz CT molecular complexity index is 588. The van der Waals surface area contributed by atoms with Gasteiger partial charge in [-0.3, -0.25) is 4.98 Å². The van der Waals surface area contributed by atoms with Crippen LogP contribution in [0.4, 0.5) is 11.8 Å². The van der Waals surface area contributed by atoms with E-state index < -0.39 is 0 Å². The summed E-state index contributed by atoms with van der Waals surface area (Å²) < 4.78 is 0. The lowest BCUT2D eigenvalue weighted by atomic mass is 10.0. The van der Waals surface area contributed by atoms with Gasteiger partial charge in [0.25, 0.3) is 0 Å². The molecule has 0 radical (unpaired) electrons. The lowest BCUT2D eigenvalue weighted by molar-refractivity contribution is 0.446. The van der Waals surface area contributed by atoms with Gasteiger partial charge in [-0.1, -0.05) is 6.92 Å². The van der Waals surface area contributed by atoms with Crippen LogP contribution in [0.3, 0.4) is 0 Å². The fourth-order valence-corrected chi connectivity index (χ4v) is 2.92. The summed E-state index contributed by atoms with van der Waals surface area (Å²) in [7, 11) is 0. The maximum atomic E-state index is 4.64. The van der Waals surface area contributed by atoms with Crippen LogP contribution >= 0.6 is 0 Å². The first-order valence-electron chi connectivity index (χ1n) is 7.96. The van der Waals surface area contributed by atoms with Gasteiger partial charge >= 0.3 is 0 Å². The summed E-state index contributed by atoms with van der Waals surface area (Å²) in [6, 6.07) is 4.52. The Morgan fingerprint density at radius 2 is 2.14 bits per heavy atom. The first kappa shape index (κ1) is 14.7. The number of pyridine rings is 1. The Morgan fingerprint density at radius 3 is 2.95 bits per heavy atom. The average molecular weight is 298 g/mol. The van der Waals surface area contributed by atoms with Gasteiger partial charge in [0.05, 0.1) is 6.20 Å². The largest absolute Gasteiger partial charge is 0.352 e. The van der Waals surface area contributed by atoms with Gasteiger partial charge in [-0.25, -0.2) is 0 Å². The number of anilines is 2. The molecule has 6 nitrogen and oxygen atoms in total. The molecule has 0 aliphatic carbocycles. The number of rotatable bonds is 5. The van der Waals surface area contributed by atoms with E-state index in [9.17, 15) is 0 Å². The van der Waals surface area contributed by atoms with E-state index in [1.807, 2.05) is 12.1 Å². The Balaban J connectivity index is 1.69. The van der Waals surface area contributed by atoms with Crippen LogP contribution in [0.1, 0.15) is 38.2 Å². The zero-order valence-electron chi connectivity index (χ0n) is 12.9. The van der Waals surface area contributed by atoms with E-state index in [2.05, 4.69) is 37.3 Å². The van der Waals surface area contributed by atoms with Crippen LogP contribution in [0.15, 0.2) is 30.7 Å². The topological polar surface area (TPSA) is 66.8 Å². The van der Waals surface area contributed by atoms with Crippen LogP contribution in [0.25, 0.3) is 0 Å². The van der Waals surface area contributed by atoms with Crippen molar-refractivity contribution in [1.29, 1.82) is 0 Å². The molecule has 1 atom stereocenters. The highest BCUT2D eigenvalue weighted by Gasteiger charge is 2.22. The second kappa shape index (κ2) is 7.15. The minimum Gasteiger partial charge on any atom is -0.352 e. The predicted octanol–water partition coefficient (Wildman–Crippen LogP) is 2.65. The van der Waals surface area contributed by atoms with Crippen LogP contribution in [-0.4, -0.2) is 32.8 Å². The number of nitrogens with zero attached hydrogens (tertiary/aromatic N) is 5. The van der Waals surface area contributed by atoms with E-state index in [0.29, 0.717) is 18.5 Å². The Labute approximate surface area is 131 Å². The van der Waals surface area contributed by atoms with Crippen LogP contribution in [0.5, 0.6) is 0 Å². The van der Waals surface area contributed by atoms with Crippen molar-refractivity contribution >= 4 is 11.8 Å². The standard InChI is InChI=1S/C16H22N6/c1-2-14-5-3-4-10-22(14)15-12-19-21-16(20-15)18-11-13-6-8-17-9-7-13/h6-9,12,14H,2-5,10-11H2,1H3,(H,18,20,21). The van der Waals surface area contributed by atoms with E-state index in [1.54, 1.807) is 18.6 Å². The molecular weight excluding hydrogens is 276 g/mol. The molecule has 0 spiro atoms. The van der Waals surface area contributed by atoms with Crippen molar-refractivity contribution in [3.63, 3.8) is 0 Å². The fraction of sp³-hybridized carbons (Fsp3) is 0.500. The molecule has 1 aliphatic rings. The number of hydrogen-bond donors (Lipinski definition) is 1. The summed E-state index contributed by atoms with van der Waals surface area (Å²) >= 11 is 0. The summed E-state index contributed by atoms with van der Waals surface area (Å²) in [4.78, 5) is 11.0. The molecule has 22 heavy (non-hydrogen) atoms. The normalized spacial score (nSPS) is 18.2. The van der Waals surface area contributed by atoms with Gasteiger partial charge in [-0.15, -0.1) is 5.10 Å². The second-order valence-corrected chi connectivity index (χ2v) is 5.60. The lowest BCUT2D eigenvalue weighted by Crippen LogP contribution is -2.39. The maximum absolute atomic E-state index is 4.64. The predicted molar refractivity (Wildman–Crippen MR) is 86.7 cm³/mol. The van der Waals surface area contributed by atoms with Gasteiger partial charge in [-0.05, 0) is 43.4 Å². The minimum absolute atomic E-state index is 0.568. The monoisotopic (exact) mass is 298 g/mol. The summed E-state index contributed by atoms with van der Waals surface area (Å²) in [5, 5.41) is 11.4. The fourth-order valence-electron chi connectivity index (χ4n) is 2.92. The molecule has 2 aromatic heterocycles. The first-order chi connectivity index (χ1) is 10.9. The lowest BCUT2D eigenvalue weighted by Gasteiger charge is -2.35. The third kappa shape index (κ3) is 3.50. The van der Waals surface area contributed by atoms with Gasteiger partial charge in [-0.2, -0.15) is 10.1 Å². The van der Waals surface area contributed by atoms with E-state index in [1.165, 1.54) is 19.3 Å². The van der Waals surface area contributed by atoms with Crippen molar-refractivity contribution < 1.29 is 0 Å². The highest BCUT2D eigenvalue weighted by atomic mass is 15.3. The van der Waals surface area contributed by atoms with Gasteiger partial charge in [0.15, 0.2) is 5.82 Å². The van der Waals surface area contributed by atoms with Crippen LogP contribution in [0, 0.1) is 0 Å². The summed E-state index contributed by atoms with van der Waals surface area (Å²) in [5.41, 5.74) is 1.15. The zero-order valence-corrected chi connectivity index (χ0v) is 12.9. The highest BCUT2D eigenvalue weighted by Crippen LogP contribution is 2.24. The average Bonchev–Trinajstić information content (AvgIpc) is 2.61. The molecule has 0 amide bonds. The van der Waals surface area contributed by atoms with Crippen molar-refractivity contribution in [1.82, 2.24) is 20.2 Å². The number of hydrogen-bond acceptors (Lipinski definition) is 6. The molecule has 6 heteroatoms. The molecule has 0 saturated carbocycles. The van der Waals surface area contributed by atoms with Crippen LogP contribution < -0.4 is 10.2 Å². The summed E-state index contributed by atoms with van der Waals surface area (Å²) in [6.07, 6.45) is 10.2. The SMILES string of the molecule is CCC1CCCCN1c1cnnc(NCc2ccncc2)n1. The Kier molecular flexibility index (Phi) is 4.78. The molecule has 1 unspecified atom stereocenters. The van der Waals surface area contributed by atoms with Crippen LogP contribution in [0.2, 0.25) is 0 Å². The van der Waals surface area contributed by atoms with E-state index in [4.69, 9.17) is 0 Å². The zero-order chi connectivity index (χ0) is 15.2. The molecule has 1 aliphatic heterocycles. The van der Waals surface area contributed by atoms with Gasteiger partial charge in [0.2, 0.25) is 5.95 Å². The molecule has 0 bridgehead atoms. The molecule has 3 heterocycles. The quantitative estimate of drug-likeness (QED) is 0.915. The van der Waals surface area contributed by atoms with E-state index >= 15 is 0 Å². The molecule has 0 aromatic carbocycles. The molecule has 1 fully saturated rings. The minimum atomic E-state index is 0.568. The number of piperidine rings is 1. The number of nitrogens with one attached hydrogen (secondary N) is 1. The molecule has 2 aromatic rings. The maximum Gasteiger partial charge on any atom is 0.244 e. The van der Waals surface area contributed by atoms with Crippen molar-refractivity contribution in [2.75, 3.05) is 16.8 Å².